The Balaban J connectivity index is 2.15. The number of rotatable bonds is 4. The Morgan fingerprint density at radius 2 is 1.92 bits per heavy atom. The third-order valence-corrected chi connectivity index (χ3v) is 2.94. The number of nitrogens with one attached hydrogen (secondary N) is 1. The third-order valence-electron chi connectivity index (χ3n) is 2.94. The first-order valence-electron chi connectivity index (χ1n) is 5.71. The van der Waals surface area contributed by atoms with Gasteiger partial charge in [0.05, 0.1) is 0 Å². The van der Waals surface area contributed by atoms with E-state index in [9.17, 15) is 0 Å². The molecular formula is C11H24N2. The number of likely N-dealkylation sites (tertiary alicyclic amines) is 1. The standard InChI is InChI=1S/C11H24N2/c1-4-7-12-11-5-8-13(9-6-11)10(2)3/h10-12H,4-9H2,1-3H3. The second-order valence-corrected chi connectivity index (χ2v) is 4.36. The molecule has 0 unspecified atom stereocenters. The van der Waals surface area contributed by atoms with Crippen molar-refractivity contribution >= 4 is 0 Å². The van der Waals surface area contributed by atoms with Crippen molar-refractivity contribution < 1.29 is 0 Å². The lowest BCUT2D eigenvalue weighted by molar-refractivity contribution is 0.161. The van der Waals surface area contributed by atoms with Gasteiger partial charge in [-0.15, -0.1) is 0 Å². The molecule has 1 rings (SSSR count). The van der Waals surface area contributed by atoms with Crippen molar-refractivity contribution in [2.45, 2.75) is 52.1 Å². The maximum Gasteiger partial charge on any atom is 0.00914 e. The molecule has 1 aliphatic heterocycles. The molecule has 2 heteroatoms. The Hall–Kier alpha value is -0.0800. The van der Waals surface area contributed by atoms with Crippen LogP contribution in [-0.4, -0.2) is 36.6 Å². The highest BCUT2D eigenvalue weighted by Crippen LogP contribution is 2.12. The van der Waals surface area contributed by atoms with Crippen molar-refractivity contribution in [1.29, 1.82) is 0 Å². The number of piperidine rings is 1. The van der Waals surface area contributed by atoms with Gasteiger partial charge in [-0.05, 0) is 52.7 Å². The van der Waals surface area contributed by atoms with Gasteiger partial charge in [0.15, 0.2) is 0 Å². The summed E-state index contributed by atoms with van der Waals surface area (Å²) in [7, 11) is 0. The molecule has 2 nitrogen and oxygen atoms in total. The van der Waals surface area contributed by atoms with Crippen molar-refractivity contribution in [2.75, 3.05) is 19.6 Å². The highest BCUT2D eigenvalue weighted by Gasteiger charge is 2.19. The van der Waals surface area contributed by atoms with Crippen LogP contribution in [0.4, 0.5) is 0 Å². The Morgan fingerprint density at radius 3 is 2.38 bits per heavy atom. The Kier molecular flexibility index (Phi) is 4.74. The van der Waals surface area contributed by atoms with E-state index in [1.165, 1.54) is 38.9 Å². The molecule has 78 valence electrons. The number of hydrogen-bond acceptors (Lipinski definition) is 2. The second kappa shape index (κ2) is 5.61. The molecule has 1 N–H and O–H groups in total. The first-order chi connectivity index (χ1) is 6.24. The summed E-state index contributed by atoms with van der Waals surface area (Å²) in [5.41, 5.74) is 0. The molecule has 13 heavy (non-hydrogen) atoms. The molecule has 0 aromatic carbocycles. The van der Waals surface area contributed by atoms with Gasteiger partial charge in [0, 0.05) is 12.1 Å². The van der Waals surface area contributed by atoms with E-state index in [0.29, 0.717) is 0 Å². The fourth-order valence-corrected chi connectivity index (χ4v) is 1.97. The van der Waals surface area contributed by atoms with Crippen LogP contribution < -0.4 is 5.32 Å². The molecule has 1 fully saturated rings. The largest absolute Gasteiger partial charge is 0.314 e. The number of nitrogens with zero attached hydrogens (tertiary/aromatic N) is 1. The van der Waals surface area contributed by atoms with E-state index in [2.05, 4.69) is 31.0 Å². The van der Waals surface area contributed by atoms with Crippen LogP contribution >= 0.6 is 0 Å². The van der Waals surface area contributed by atoms with Crippen LogP contribution in [0.5, 0.6) is 0 Å². The van der Waals surface area contributed by atoms with Gasteiger partial charge in [0.25, 0.3) is 0 Å². The molecule has 0 amide bonds. The van der Waals surface area contributed by atoms with Gasteiger partial charge >= 0.3 is 0 Å². The van der Waals surface area contributed by atoms with Crippen molar-refractivity contribution in [3.8, 4) is 0 Å². The van der Waals surface area contributed by atoms with E-state index >= 15 is 0 Å². The summed E-state index contributed by atoms with van der Waals surface area (Å²) in [6.07, 6.45) is 3.92. The molecule has 0 aliphatic carbocycles. The summed E-state index contributed by atoms with van der Waals surface area (Å²) in [6, 6.07) is 1.52. The zero-order valence-electron chi connectivity index (χ0n) is 9.34. The SMILES string of the molecule is CCCNC1CCN(C(C)C)CC1. The molecule has 0 aromatic heterocycles. The lowest BCUT2D eigenvalue weighted by atomic mass is 10.0. The van der Waals surface area contributed by atoms with E-state index in [1.807, 2.05) is 0 Å². The van der Waals surface area contributed by atoms with E-state index < -0.39 is 0 Å². The van der Waals surface area contributed by atoms with Crippen LogP contribution in [0.2, 0.25) is 0 Å². The fourth-order valence-electron chi connectivity index (χ4n) is 1.97. The Labute approximate surface area is 82.7 Å². The average Bonchev–Trinajstić information content (AvgIpc) is 2.15. The zero-order valence-corrected chi connectivity index (χ0v) is 9.34. The van der Waals surface area contributed by atoms with Gasteiger partial charge < -0.3 is 10.2 Å². The smallest absolute Gasteiger partial charge is 0.00914 e. The van der Waals surface area contributed by atoms with Crippen molar-refractivity contribution in [2.24, 2.45) is 0 Å². The van der Waals surface area contributed by atoms with Crippen molar-refractivity contribution in [1.82, 2.24) is 10.2 Å². The molecule has 1 heterocycles. The van der Waals surface area contributed by atoms with E-state index in [1.54, 1.807) is 0 Å². The highest BCUT2D eigenvalue weighted by atomic mass is 15.2. The Morgan fingerprint density at radius 1 is 1.31 bits per heavy atom. The van der Waals surface area contributed by atoms with Crippen LogP contribution in [0.3, 0.4) is 0 Å². The first kappa shape index (κ1) is 11.0. The maximum atomic E-state index is 3.60. The predicted octanol–water partition coefficient (Wildman–Crippen LogP) is 1.86. The van der Waals surface area contributed by atoms with Gasteiger partial charge in [-0.3, -0.25) is 0 Å². The molecule has 0 saturated carbocycles. The van der Waals surface area contributed by atoms with Gasteiger partial charge in [-0.25, -0.2) is 0 Å². The second-order valence-electron chi connectivity index (χ2n) is 4.36. The predicted molar refractivity (Wildman–Crippen MR) is 58.0 cm³/mol. The van der Waals surface area contributed by atoms with Crippen LogP contribution in [0.1, 0.15) is 40.0 Å². The van der Waals surface area contributed by atoms with Gasteiger partial charge in [-0.1, -0.05) is 6.92 Å². The van der Waals surface area contributed by atoms with Crippen molar-refractivity contribution in [3.63, 3.8) is 0 Å². The van der Waals surface area contributed by atoms with Gasteiger partial charge in [0.1, 0.15) is 0 Å². The molecule has 0 radical (unpaired) electrons. The molecule has 0 atom stereocenters. The summed E-state index contributed by atoms with van der Waals surface area (Å²) in [5.74, 6) is 0. The average molecular weight is 184 g/mol. The Bertz CT molecular complexity index is 126. The molecule has 1 saturated heterocycles. The highest BCUT2D eigenvalue weighted by molar-refractivity contribution is 4.78. The lowest BCUT2D eigenvalue weighted by Crippen LogP contribution is -2.45. The monoisotopic (exact) mass is 184 g/mol. The normalized spacial score (nSPS) is 21.2. The first-order valence-corrected chi connectivity index (χ1v) is 5.71. The molecule has 1 aliphatic rings. The third kappa shape index (κ3) is 3.65. The summed E-state index contributed by atoms with van der Waals surface area (Å²) in [4.78, 5) is 2.57. The minimum atomic E-state index is 0.729. The summed E-state index contributed by atoms with van der Waals surface area (Å²) < 4.78 is 0. The van der Waals surface area contributed by atoms with Crippen LogP contribution in [0.25, 0.3) is 0 Å². The minimum Gasteiger partial charge on any atom is -0.314 e. The van der Waals surface area contributed by atoms with Crippen LogP contribution in [0.15, 0.2) is 0 Å². The zero-order chi connectivity index (χ0) is 9.68. The topological polar surface area (TPSA) is 15.3 Å². The van der Waals surface area contributed by atoms with E-state index in [0.717, 1.165) is 12.1 Å². The number of hydrogen-bond donors (Lipinski definition) is 1. The molecule has 0 aromatic rings. The van der Waals surface area contributed by atoms with E-state index in [4.69, 9.17) is 0 Å². The van der Waals surface area contributed by atoms with Gasteiger partial charge in [-0.2, -0.15) is 0 Å². The van der Waals surface area contributed by atoms with E-state index in [-0.39, 0.29) is 0 Å². The van der Waals surface area contributed by atoms with Crippen LogP contribution in [0, 0.1) is 0 Å². The molecular weight excluding hydrogens is 160 g/mol. The summed E-state index contributed by atoms with van der Waals surface area (Å²) in [6.45, 7) is 10.6. The summed E-state index contributed by atoms with van der Waals surface area (Å²) >= 11 is 0. The fraction of sp³-hybridized carbons (Fsp3) is 1.00. The summed E-state index contributed by atoms with van der Waals surface area (Å²) in [5, 5.41) is 3.60. The quantitative estimate of drug-likeness (QED) is 0.717. The lowest BCUT2D eigenvalue weighted by Gasteiger charge is -2.34. The molecule has 0 spiro atoms. The van der Waals surface area contributed by atoms with Crippen LogP contribution in [-0.2, 0) is 0 Å². The maximum absolute atomic E-state index is 3.60. The van der Waals surface area contributed by atoms with Gasteiger partial charge in [0.2, 0.25) is 0 Å². The van der Waals surface area contributed by atoms with Crippen molar-refractivity contribution in [3.05, 3.63) is 0 Å². The molecule has 0 bridgehead atoms. The minimum absolute atomic E-state index is 0.729.